The van der Waals surface area contributed by atoms with Crippen LogP contribution in [0.15, 0.2) is 54.6 Å². The maximum atomic E-state index is 11.9. The standard InChI is InChI=1S/C18H20O3/c1-3-14-9-11-16(12-10-14)21-17(18(19)20-2)13-15-7-5-4-6-8-15/h4-12,17H,3,13H2,1-2H3/t17-/m0/s1. The minimum absolute atomic E-state index is 0.363. The maximum absolute atomic E-state index is 11.9. The van der Waals surface area contributed by atoms with Crippen LogP contribution in [-0.4, -0.2) is 19.2 Å². The Bertz CT molecular complexity index is 561. The van der Waals surface area contributed by atoms with Gasteiger partial charge in [-0.25, -0.2) is 4.79 Å². The van der Waals surface area contributed by atoms with Crippen molar-refractivity contribution < 1.29 is 14.3 Å². The fourth-order valence-electron chi connectivity index (χ4n) is 2.10. The predicted molar refractivity (Wildman–Crippen MR) is 82.4 cm³/mol. The van der Waals surface area contributed by atoms with Crippen LogP contribution in [0.5, 0.6) is 5.75 Å². The quantitative estimate of drug-likeness (QED) is 0.763. The molecule has 2 aromatic carbocycles. The third kappa shape index (κ3) is 4.35. The van der Waals surface area contributed by atoms with Gasteiger partial charge in [-0.15, -0.1) is 0 Å². The van der Waals surface area contributed by atoms with Crippen LogP contribution in [0, 0.1) is 0 Å². The predicted octanol–water partition coefficient (Wildman–Crippen LogP) is 3.41. The molecule has 0 bridgehead atoms. The van der Waals surface area contributed by atoms with Crippen molar-refractivity contribution in [3.63, 3.8) is 0 Å². The molecule has 110 valence electrons. The van der Waals surface area contributed by atoms with Gasteiger partial charge in [0.05, 0.1) is 7.11 Å². The second-order valence-corrected chi connectivity index (χ2v) is 4.82. The first-order valence-corrected chi connectivity index (χ1v) is 7.10. The largest absolute Gasteiger partial charge is 0.478 e. The third-order valence-corrected chi connectivity index (χ3v) is 3.34. The summed E-state index contributed by atoms with van der Waals surface area (Å²) in [5.41, 5.74) is 2.28. The summed E-state index contributed by atoms with van der Waals surface area (Å²) < 4.78 is 10.6. The molecule has 0 saturated heterocycles. The number of hydrogen-bond donors (Lipinski definition) is 0. The number of carbonyl (C=O) groups is 1. The molecule has 0 aliphatic carbocycles. The summed E-state index contributed by atoms with van der Waals surface area (Å²) in [4.78, 5) is 11.9. The molecule has 0 radical (unpaired) electrons. The van der Waals surface area contributed by atoms with Gasteiger partial charge in [0.2, 0.25) is 0 Å². The summed E-state index contributed by atoms with van der Waals surface area (Å²) in [5.74, 6) is 0.317. The highest BCUT2D eigenvalue weighted by Gasteiger charge is 2.21. The number of hydrogen-bond acceptors (Lipinski definition) is 3. The first kappa shape index (κ1) is 15.1. The van der Waals surface area contributed by atoms with Crippen molar-refractivity contribution in [1.82, 2.24) is 0 Å². The molecule has 0 aliphatic rings. The Kier molecular flexibility index (Phi) is 5.38. The van der Waals surface area contributed by atoms with Crippen LogP contribution < -0.4 is 4.74 Å². The van der Waals surface area contributed by atoms with E-state index >= 15 is 0 Å². The van der Waals surface area contributed by atoms with Crippen LogP contribution in [0.1, 0.15) is 18.1 Å². The lowest BCUT2D eigenvalue weighted by molar-refractivity contribution is -0.148. The van der Waals surface area contributed by atoms with Crippen LogP contribution in [0.4, 0.5) is 0 Å². The summed E-state index contributed by atoms with van der Waals surface area (Å²) in [6, 6.07) is 17.6. The van der Waals surface area contributed by atoms with Crippen molar-refractivity contribution in [2.24, 2.45) is 0 Å². The van der Waals surface area contributed by atoms with E-state index in [1.165, 1.54) is 12.7 Å². The monoisotopic (exact) mass is 284 g/mol. The highest BCUT2D eigenvalue weighted by molar-refractivity contribution is 5.75. The lowest BCUT2D eigenvalue weighted by atomic mass is 10.1. The molecule has 1 atom stereocenters. The van der Waals surface area contributed by atoms with Gasteiger partial charge < -0.3 is 9.47 Å². The zero-order valence-electron chi connectivity index (χ0n) is 12.4. The molecule has 0 aliphatic heterocycles. The number of esters is 1. The van der Waals surface area contributed by atoms with E-state index in [1.54, 1.807) is 0 Å². The lowest BCUT2D eigenvalue weighted by Gasteiger charge is -2.17. The number of aryl methyl sites for hydroxylation is 1. The molecule has 0 saturated carbocycles. The van der Waals surface area contributed by atoms with Gasteiger partial charge >= 0.3 is 5.97 Å². The van der Waals surface area contributed by atoms with Crippen LogP contribution >= 0.6 is 0 Å². The van der Waals surface area contributed by atoms with Crippen LogP contribution in [-0.2, 0) is 22.4 Å². The summed E-state index contributed by atoms with van der Waals surface area (Å²) in [6.45, 7) is 2.10. The molecular formula is C18H20O3. The Morgan fingerprint density at radius 1 is 1.00 bits per heavy atom. The molecule has 0 heterocycles. The Hall–Kier alpha value is -2.29. The fourth-order valence-corrected chi connectivity index (χ4v) is 2.10. The molecule has 3 heteroatoms. The normalized spacial score (nSPS) is 11.7. The maximum Gasteiger partial charge on any atom is 0.347 e. The van der Waals surface area contributed by atoms with Crippen molar-refractivity contribution in [1.29, 1.82) is 0 Å². The topological polar surface area (TPSA) is 35.5 Å². The van der Waals surface area contributed by atoms with E-state index in [2.05, 4.69) is 6.92 Å². The molecule has 0 fully saturated rings. The Morgan fingerprint density at radius 3 is 2.24 bits per heavy atom. The van der Waals surface area contributed by atoms with Crippen molar-refractivity contribution in [3.05, 3.63) is 65.7 Å². The van der Waals surface area contributed by atoms with Gasteiger partial charge in [-0.2, -0.15) is 0 Å². The first-order chi connectivity index (χ1) is 10.2. The number of benzene rings is 2. The van der Waals surface area contributed by atoms with Crippen LogP contribution in [0.2, 0.25) is 0 Å². The smallest absolute Gasteiger partial charge is 0.347 e. The van der Waals surface area contributed by atoms with Gasteiger partial charge in [0, 0.05) is 6.42 Å². The lowest BCUT2D eigenvalue weighted by Crippen LogP contribution is -2.30. The van der Waals surface area contributed by atoms with E-state index in [4.69, 9.17) is 9.47 Å². The van der Waals surface area contributed by atoms with Crippen molar-refractivity contribution in [2.45, 2.75) is 25.9 Å². The zero-order valence-corrected chi connectivity index (χ0v) is 12.4. The van der Waals surface area contributed by atoms with Crippen molar-refractivity contribution >= 4 is 5.97 Å². The number of ether oxygens (including phenoxy) is 2. The molecular weight excluding hydrogens is 264 g/mol. The third-order valence-electron chi connectivity index (χ3n) is 3.34. The molecule has 2 aromatic rings. The molecule has 0 aromatic heterocycles. The molecule has 0 unspecified atom stereocenters. The van der Waals surface area contributed by atoms with E-state index in [0.717, 1.165) is 12.0 Å². The van der Waals surface area contributed by atoms with E-state index in [1.807, 2.05) is 54.6 Å². The first-order valence-electron chi connectivity index (χ1n) is 7.10. The zero-order chi connectivity index (χ0) is 15.1. The minimum atomic E-state index is -0.634. The average molecular weight is 284 g/mol. The molecule has 3 nitrogen and oxygen atoms in total. The average Bonchev–Trinajstić information content (AvgIpc) is 2.55. The van der Waals surface area contributed by atoms with Crippen molar-refractivity contribution in [2.75, 3.05) is 7.11 Å². The molecule has 0 N–H and O–H groups in total. The minimum Gasteiger partial charge on any atom is -0.478 e. The van der Waals surface area contributed by atoms with E-state index in [9.17, 15) is 4.79 Å². The summed E-state index contributed by atoms with van der Waals surface area (Å²) in [5, 5.41) is 0. The summed E-state index contributed by atoms with van der Waals surface area (Å²) >= 11 is 0. The van der Waals surface area contributed by atoms with Gasteiger partial charge in [0.1, 0.15) is 5.75 Å². The Morgan fingerprint density at radius 2 is 1.67 bits per heavy atom. The van der Waals surface area contributed by atoms with Crippen LogP contribution in [0.25, 0.3) is 0 Å². The Labute approximate surface area is 125 Å². The second kappa shape index (κ2) is 7.48. The van der Waals surface area contributed by atoms with E-state index in [0.29, 0.717) is 12.2 Å². The van der Waals surface area contributed by atoms with E-state index in [-0.39, 0.29) is 5.97 Å². The number of methoxy groups -OCH3 is 1. The highest BCUT2D eigenvalue weighted by atomic mass is 16.6. The SMILES string of the molecule is CCc1ccc(O[C@@H](Cc2ccccc2)C(=O)OC)cc1. The van der Waals surface area contributed by atoms with Gasteiger partial charge in [0.25, 0.3) is 0 Å². The van der Waals surface area contributed by atoms with Gasteiger partial charge in [0.15, 0.2) is 6.10 Å². The van der Waals surface area contributed by atoms with Crippen LogP contribution in [0.3, 0.4) is 0 Å². The summed E-state index contributed by atoms with van der Waals surface area (Å²) in [6.07, 6.45) is 0.832. The van der Waals surface area contributed by atoms with Gasteiger partial charge in [-0.05, 0) is 29.7 Å². The molecule has 0 amide bonds. The second-order valence-electron chi connectivity index (χ2n) is 4.82. The number of rotatable bonds is 6. The Balaban J connectivity index is 2.10. The molecule has 21 heavy (non-hydrogen) atoms. The van der Waals surface area contributed by atoms with Crippen molar-refractivity contribution in [3.8, 4) is 5.75 Å². The molecule has 2 rings (SSSR count). The van der Waals surface area contributed by atoms with Gasteiger partial charge in [-0.3, -0.25) is 0 Å². The summed E-state index contributed by atoms with van der Waals surface area (Å²) in [7, 11) is 1.38. The molecule has 0 spiro atoms. The van der Waals surface area contributed by atoms with E-state index < -0.39 is 6.10 Å². The fraction of sp³-hybridized carbons (Fsp3) is 0.278. The van der Waals surface area contributed by atoms with Gasteiger partial charge in [-0.1, -0.05) is 49.4 Å². The highest BCUT2D eigenvalue weighted by Crippen LogP contribution is 2.17. The number of carbonyl (C=O) groups excluding carboxylic acids is 1.